The van der Waals surface area contributed by atoms with Gasteiger partial charge in [-0.2, -0.15) is 0 Å². The fourth-order valence-electron chi connectivity index (χ4n) is 7.10. The summed E-state index contributed by atoms with van der Waals surface area (Å²) in [5.41, 5.74) is -6.06. The third-order valence-electron chi connectivity index (χ3n) is 7.98. The summed E-state index contributed by atoms with van der Waals surface area (Å²) in [7, 11) is 0. The van der Waals surface area contributed by atoms with Gasteiger partial charge in [0.2, 0.25) is 12.6 Å². The van der Waals surface area contributed by atoms with Crippen LogP contribution in [0, 0.1) is 28.1 Å². The zero-order valence-corrected chi connectivity index (χ0v) is 16.4. The van der Waals surface area contributed by atoms with Crippen LogP contribution in [0.2, 0.25) is 0 Å². The molecule has 0 amide bonds. The van der Waals surface area contributed by atoms with Gasteiger partial charge in [-0.05, 0) is 24.7 Å². The normalized spacial score (nSPS) is 55.6. The average Bonchev–Trinajstić information content (AvgIpc) is 3.22. The lowest BCUT2D eigenvalue weighted by molar-refractivity contribution is -0.224. The molecule has 0 radical (unpaired) electrons. The zero-order chi connectivity index (χ0) is 21.3. The quantitative estimate of drug-likeness (QED) is 0.328. The molecule has 3 N–H and O–H groups in total. The summed E-state index contributed by atoms with van der Waals surface area (Å²) >= 11 is 0. The van der Waals surface area contributed by atoms with Gasteiger partial charge in [-0.25, -0.2) is 9.59 Å². The van der Waals surface area contributed by atoms with Crippen LogP contribution in [0.5, 0.6) is 0 Å². The van der Waals surface area contributed by atoms with E-state index in [4.69, 9.17) is 18.9 Å². The van der Waals surface area contributed by atoms with E-state index in [0.717, 1.165) is 0 Å². The zero-order valence-electron chi connectivity index (χ0n) is 16.4. The predicted molar refractivity (Wildman–Crippen MR) is 89.3 cm³/mol. The van der Waals surface area contributed by atoms with E-state index in [9.17, 15) is 29.7 Å². The third kappa shape index (κ3) is 1.63. The Balaban J connectivity index is 1.90. The molecule has 10 atom stereocenters. The minimum absolute atomic E-state index is 0.190. The van der Waals surface area contributed by atoms with Crippen molar-refractivity contribution in [3.8, 4) is 0 Å². The molecule has 4 heterocycles. The molecule has 5 fully saturated rings. The number of esters is 3. The molecule has 10 heteroatoms. The summed E-state index contributed by atoms with van der Waals surface area (Å²) in [6.07, 6.45) is -7.81. The van der Waals surface area contributed by atoms with Gasteiger partial charge in [-0.1, -0.05) is 20.8 Å². The van der Waals surface area contributed by atoms with E-state index in [-0.39, 0.29) is 6.42 Å². The number of hydrogen-bond acceptors (Lipinski definition) is 10. The number of hydrogen-bond donors (Lipinski definition) is 3. The van der Waals surface area contributed by atoms with Gasteiger partial charge in [0.1, 0.15) is 12.2 Å². The first-order valence-electron chi connectivity index (χ1n) is 9.72. The number of ether oxygens (including phenoxy) is 4. The van der Waals surface area contributed by atoms with E-state index >= 15 is 0 Å². The Labute approximate surface area is 166 Å². The van der Waals surface area contributed by atoms with Crippen molar-refractivity contribution in [2.45, 2.75) is 70.6 Å². The van der Waals surface area contributed by atoms with Crippen LogP contribution in [0.4, 0.5) is 0 Å². The lowest BCUT2D eigenvalue weighted by Crippen LogP contribution is -2.67. The number of aliphatic hydroxyl groups is 3. The largest absolute Gasteiger partial charge is 0.459 e. The van der Waals surface area contributed by atoms with Gasteiger partial charge in [0, 0.05) is 0 Å². The van der Waals surface area contributed by atoms with Crippen molar-refractivity contribution in [2.75, 3.05) is 0 Å². The first-order valence-corrected chi connectivity index (χ1v) is 9.72. The summed E-state index contributed by atoms with van der Waals surface area (Å²) < 4.78 is 22.0. The number of carbonyl (C=O) groups is 3. The van der Waals surface area contributed by atoms with Crippen LogP contribution in [-0.4, -0.2) is 69.7 Å². The Kier molecular flexibility index (Phi) is 3.39. The van der Waals surface area contributed by atoms with Crippen molar-refractivity contribution < 1.29 is 48.7 Å². The van der Waals surface area contributed by atoms with Crippen molar-refractivity contribution >= 4 is 17.9 Å². The van der Waals surface area contributed by atoms with Crippen LogP contribution in [0.25, 0.3) is 0 Å². The molecule has 5 aliphatic rings. The molecule has 0 bridgehead atoms. The summed E-state index contributed by atoms with van der Waals surface area (Å²) in [5, 5.41) is 33.0. The molecular formula is C19H24O10. The molecule has 0 aromatic carbocycles. The minimum Gasteiger partial charge on any atom is -0.459 e. The topological polar surface area (TPSA) is 149 Å². The van der Waals surface area contributed by atoms with E-state index in [2.05, 4.69) is 0 Å². The van der Waals surface area contributed by atoms with Crippen molar-refractivity contribution in [3.05, 3.63) is 0 Å². The predicted octanol–water partition coefficient (Wildman–Crippen LogP) is -1.16. The van der Waals surface area contributed by atoms with E-state index in [0.29, 0.717) is 0 Å². The lowest BCUT2D eigenvalue weighted by Gasteiger charge is -2.49. The fourth-order valence-corrected chi connectivity index (χ4v) is 7.10. The molecule has 4 saturated heterocycles. The van der Waals surface area contributed by atoms with E-state index < -0.39 is 82.5 Å². The van der Waals surface area contributed by atoms with Gasteiger partial charge in [0.15, 0.2) is 11.7 Å². The Morgan fingerprint density at radius 2 is 1.66 bits per heavy atom. The Bertz CT molecular complexity index is 833. The molecule has 2 spiro atoms. The number of carbonyl (C=O) groups excluding carboxylic acids is 3. The molecule has 0 aromatic rings. The molecular weight excluding hydrogens is 388 g/mol. The third-order valence-corrected chi connectivity index (χ3v) is 7.98. The van der Waals surface area contributed by atoms with Crippen molar-refractivity contribution in [1.82, 2.24) is 0 Å². The lowest BCUT2D eigenvalue weighted by atomic mass is 9.48. The van der Waals surface area contributed by atoms with Gasteiger partial charge in [-0.3, -0.25) is 4.79 Å². The monoisotopic (exact) mass is 412 g/mol. The van der Waals surface area contributed by atoms with Crippen LogP contribution in [0.1, 0.15) is 34.1 Å². The molecule has 10 nitrogen and oxygen atoms in total. The van der Waals surface area contributed by atoms with Gasteiger partial charge in [0.25, 0.3) is 0 Å². The Morgan fingerprint density at radius 1 is 1.00 bits per heavy atom. The molecule has 1 aliphatic carbocycles. The second kappa shape index (κ2) is 5.11. The SMILES string of the molecule is CC1C(=O)OC(O)C(O)C23C4CC(C(C)(C)C)C25C(OC(=O)C5O)OC13C(=O)O4. The Morgan fingerprint density at radius 3 is 2.28 bits per heavy atom. The number of aliphatic hydroxyl groups excluding tert-OH is 3. The van der Waals surface area contributed by atoms with E-state index in [1.807, 2.05) is 20.8 Å². The maximum Gasteiger partial charge on any atom is 0.340 e. The molecule has 0 aromatic heterocycles. The number of cyclic esters (lactones) is 1. The summed E-state index contributed by atoms with van der Waals surface area (Å²) in [4.78, 5) is 38.3. The highest BCUT2D eigenvalue weighted by Crippen LogP contribution is 2.80. The van der Waals surface area contributed by atoms with Crippen LogP contribution in [0.15, 0.2) is 0 Å². The molecule has 4 aliphatic heterocycles. The summed E-state index contributed by atoms with van der Waals surface area (Å²) in [5.74, 6) is -4.59. The fraction of sp³-hybridized carbons (Fsp3) is 0.842. The Hall–Kier alpha value is -1.75. The minimum atomic E-state index is -2.07. The average molecular weight is 412 g/mol. The highest BCUT2D eigenvalue weighted by Gasteiger charge is 2.97. The van der Waals surface area contributed by atoms with Crippen molar-refractivity contribution in [3.63, 3.8) is 0 Å². The van der Waals surface area contributed by atoms with Crippen LogP contribution in [-0.2, 0) is 33.3 Å². The van der Waals surface area contributed by atoms with Crippen LogP contribution in [0.3, 0.4) is 0 Å². The van der Waals surface area contributed by atoms with E-state index in [1.54, 1.807) is 0 Å². The maximum absolute atomic E-state index is 13.2. The van der Waals surface area contributed by atoms with Crippen LogP contribution < -0.4 is 0 Å². The number of rotatable bonds is 0. The van der Waals surface area contributed by atoms with Crippen molar-refractivity contribution in [1.29, 1.82) is 0 Å². The highest BCUT2D eigenvalue weighted by molar-refractivity contribution is 5.94. The van der Waals surface area contributed by atoms with Gasteiger partial charge in [-0.15, -0.1) is 0 Å². The second-order valence-electron chi connectivity index (χ2n) is 9.87. The second-order valence-corrected chi connectivity index (χ2v) is 9.87. The maximum atomic E-state index is 13.2. The van der Waals surface area contributed by atoms with Gasteiger partial charge >= 0.3 is 17.9 Å². The molecule has 29 heavy (non-hydrogen) atoms. The molecule has 160 valence electrons. The summed E-state index contributed by atoms with van der Waals surface area (Å²) in [6.45, 7) is 7.06. The molecule has 5 rings (SSSR count). The smallest absolute Gasteiger partial charge is 0.340 e. The molecule has 1 saturated carbocycles. The first kappa shape index (κ1) is 19.2. The highest BCUT2D eigenvalue weighted by atomic mass is 16.7. The molecule has 10 unspecified atom stereocenters. The first-order chi connectivity index (χ1) is 13.4. The van der Waals surface area contributed by atoms with Gasteiger partial charge in [0.05, 0.1) is 16.7 Å². The summed E-state index contributed by atoms with van der Waals surface area (Å²) in [6, 6.07) is 0. The van der Waals surface area contributed by atoms with E-state index in [1.165, 1.54) is 6.92 Å². The van der Waals surface area contributed by atoms with Gasteiger partial charge < -0.3 is 34.3 Å². The van der Waals surface area contributed by atoms with Crippen LogP contribution >= 0.6 is 0 Å². The standard InChI is InChI=1S/C19H24O10/c1-6-11(22)27-13(24)10(21)18-8-5-7(16(2,3)4)17(18)9(20)12(23)28-15(17)29-19(6,18)14(25)26-8/h6-10,13,15,20-21,24H,5H2,1-4H3. The van der Waals surface area contributed by atoms with Crippen molar-refractivity contribution in [2.24, 2.45) is 28.1 Å².